The van der Waals surface area contributed by atoms with Crippen molar-refractivity contribution in [1.82, 2.24) is 10.6 Å². The van der Waals surface area contributed by atoms with Crippen LogP contribution in [0.4, 0.5) is 0 Å². The average Bonchev–Trinajstić information content (AvgIpc) is 2.75. The number of hydrogen-bond donors (Lipinski definition) is 2. The number of nitrogens with one attached hydrogen (secondary N) is 2. The van der Waals surface area contributed by atoms with Crippen molar-refractivity contribution in [3.63, 3.8) is 0 Å². The van der Waals surface area contributed by atoms with Crippen LogP contribution in [0.15, 0.2) is 4.99 Å². The van der Waals surface area contributed by atoms with Crippen molar-refractivity contribution in [3.8, 4) is 0 Å². The van der Waals surface area contributed by atoms with E-state index in [0.717, 1.165) is 18.3 Å². The fourth-order valence-electron chi connectivity index (χ4n) is 1.52. The van der Waals surface area contributed by atoms with Crippen LogP contribution in [0.25, 0.3) is 0 Å². The first kappa shape index (κ1) is 15.3. The predicted octanol–water partition coefficient (Wildman–Crippen LogP) is 1.87. The number of carbonyl (C=O) groups is 1. The summed E-state index contributed by atoms with van der Waals surface area (Å²) in [4.78, 5) is 15.9. The smallest absolute Gasteiger partial charge is 0.221 e. The average molecular weight is 271 g/mol. The summed E-state index contributed by atoms with van der Waals surface area (Å²) in [7, 11) is 0. The van der Waals surface area contributed by atoms with E-state index in [0.29, 0.717) is 30.1 Å². The van der Waals surface area contributed by atoms with E-state index in [1.54, 1.807) is 11.8 Å². The molecular formula is C13H25N3OS. The first-order chi connectivity index (χ1) is 8.49. The Hall–Kier alpha value is -0.710. The lowest BCUT2D eigenvalue weighted by atomic mass is 10.1. The molecule has 1 heterocycles. The molecule has 104 valence electrons. The minimum Gasteiger partial charge on any atom is -0.364 e. The summed E-state index contributed by atoms with van der Waals surface area (Å²) in [6, 6.07) is 0. The number of hydrogen-bond acceptors (Lipinski definition) is 4. The maximum atomic E-state index is 11.5. The zero-order chi connectivity index (χ0) is 13.5. The normalized spacial score (nSPS) is 19.2. The van der Waals surface area contributed by atoms with Gasteiger partial charge in [0.15, 0.2) is 5.17 Å². The Balaban J connectivity index is 2.10. The molecular weight excluding hydrogens is 246 g/mol. The highest BCUT2D eigenvalue weighted by molar-refractivity contribution is 8.14. The molecule has 1 amide bonds. The Morgan fingerprint density at radius 2 is 2.17 bits per heavy atom. The molecule has 5 heteroatoms. The van der Waals surface area contributed by atoms with E-state index in [1.807, 2.05) is 0 Å². The third kappa shape index (κ3) is 5.76. The molecule has 18 heavy (non-hydrogen) atoms. The third-order valence-electron chi connectivity index (χ3n) is 2.76. The van der Waals surface area contributed by atoms with Crippen LogP contribution in [0.5, 0.6) is 0 Å². The topological polar surface area (TPSA) is 53.5 Å². The zero-order valence-electron chi connectivity index (χ0n) is 11.8. The first-order valence-corrected chi connectivity index (χ1v) is 7.58. The summed E-state index contributed by atoms with van der Waals surface area (Å²) in [5.41, 5.74) is 0. The van der Waals surface area contributed by atoms with Crippen LogP contribution < -0.4 is 10.6 Å². The number of nitrogens with zero attached hydrogens (tertiary/aromatic N) is 1. The summed E-state index contributed by atoms with van der Waals surface area (Å²) in [6.07, 6.45) is 0.513. The molecule has 1 atom stereocenters. The molecule has 0 bridgehead atoms. The van der Waals surface area contributed by atoms with Crippen molar-refractivity contribution in [2.24, 2.45) is 16.8 Å². The summed E-state index contributed by atoms with van der Waals surface area (Å²) in [5, 5.41) is 7.72. The summed E-state index contributed by atoms with van der Waals surface area (Å²) >= 11 is 1.80. The van der Waals surface area contributed by atoms with Crippen LogP contribution in [-0.2, 0) is 4.79 Å². The van der Waals surface area contributed by atoms with Gasteiger partial charge in [-0.05, 0) is 11.8 Å². The van der Waals surface area contributed by atoms with Gasteiger partial charge in [-0.25, -0.2) is 0 Å². The molecule has 0 saturated heterocycles. The maximum absolute atomic E-state index is 11.5. The van der Waals surface area contributed by atoms with Crippen molar-refractivity contribution in [2.75, 3.05) is 19.6 Å². The fraction of sp³-hybridized carbons (Fsp3) is 0.846. The molecule has 0 saturated carbocycles. The Morgan fingerprint density at radius 1 is 1.44 bits per heavy atom. The molecule has 0 aliphatic carbocycles. The van der Waals surface area contributed by atoms with Crippen molar-refractivity contribution >= 4 is 22.8 Å². The van der Waals surface area contributed by atoms with Gasteiger partial charge in [-0.1, -0.05) is 39.5 Å². The summed E-state index contributed by atoms with van der Waals surface area (Å²) in [6.45, 7) is 10.9. The standard InChI is InChI=1S/C13H25N3OS/c1-9(2)7-15-12(17)5-6-14-13-16-8-11(18-13)10(3)4/h9-11H,5-8H2,1-4H3,(H,14,16)(H,15,17). The van der Waals surface area contributed by atoms with Gasteiger partial charge in [0.25, 0.3) is 0 Å². The minimum atomic E-state index is 0.111. The molecule has 0 aromatic heterocycles. The maximum Gasteiger partial charge on any atom is 0.221 e. The molecule has 1 unspecified atom stereocenters. The number of amides is 1. The first-order valence-electron chi connectivity index (χ1n) is 6.70. The largest absolute Gasteiger partial charge is 0.364 e. The van der Waals surface area contributed by atoms with E-state index in [1.165, 1.54) is 0 Å². The number of rotatable bonds is 6. The second kappa shape index (κ2) is 7.67. The van der Waals surface area contributed by atoms with Crippen LogP contribution in [0.2, 0.25) is 0 Å². The van der Waals surface area contributed by atoms with E-state index in [2.05, 4.69) is 43.3 Å². The van der Waals surface area contributed by atoms with Gasteiger partial charge in [0.2, 0.25) is 5.91 Å². The lowest BCUT2D eigenvalue weighted by Crippen LogP contribution is -2.31. The van der Waals surface area contributed by atoms with Crippen LogP contribution >= 0.6 is 11.8 Å². The van der Waals surface area contributed by atoms with E-state index in [4.69, 9.17) is 0 Å². The van der Waals surface area contributed by atoms with Crippen molar-refractivity contribution in [3.05, 3.63) is 0 Å². The number of carbonyl (C=O) groups excluding carboxylic acids is 1. The number of aliphatic imine (C=N–C) groups is 1. The van der Waals surface area contributed by atoms with Crippen LogP contribution in [0.3, 0.4) is 0 Å². The minimum absolute atomic E-state index is 0.111. The highest BCUT2D eigenvalue weighted by atomic mass is 32.2. The molecule has 1 rings (SSSR count). The van der Waals surface area contributed by atoms with Gasteiger partial charge < -0.3 is 10.6 Å². The van der Waals surface area contributed by atoms with Gasteiger partial charge in [0.1, 0.15) is 0 Å². The molecule has 0 aromatic rings. The highest BCUT2D eigenvalue weighted by Crippen LogP contribution is 2.25. The van der Waals surface area contributed by atoms with Gasteiger partial charge >= 0.3 is 0 Å². The number of thioether (sulfide) groups is 1. The van der Waals surface area contributed by atoms with Gasteiger partial charge in [-0.2, -0.15) is 0 Å². The molecule has 0 radical (unpaired) electrons. The lowest BCUT2D eigenvalue weighted by molar-refractivity contribution is -0.121. The SMILES string of the molecule is CC(C)CNC(=O)CCNC1=NCC(C(C)C)S1. The van der Waals surface area contributed by atoms with Crippen molar-refractivity contribution in [1.29, 1.82) is 0 Å². The monoisotopic (exact) mass is 271 g/mol. The van der Waals surface area contributed by atoms with E-state index in [9.17, 15) is 4.79 Å². The van der Waals surface area contributed by atoms with Gasteiger partial charge in [-0.15, -0.1) is 0 Å². The Bertz CT molecular complexity index is 303. The molecule has 0 aromatic carbocycles. The third-order valence-corrected chi connectivity index (χ3v) is 4.25. The molecule has 4 nitrogen and oxygen atoms in total. The summed E-state index contributed by atoms with van der Waals surface area (Å²) in [5.74, 6) is 1.26. The predicted molar refractivity (Wildman–Crippen MR) is 79.0 cm³/mol. The molecule has 1 aliphatic heterocycles. The Morgan fingerprint density at radius 3 is 2.72 bits per heavy atom. The van der Waals surface area contributed by atoms with Crippen molar-refractivity contribution < 1.29 is 4.79 Å². The van der Waals surface area contributed by atoms with E-state index in [-0.39, 0.29) is 5.91 Å². The summed E-state index contributed by atoms with van der Waals surface area (Å²) < 4.78 is 0. The highest BCUT2D eigenvalue weighted by Gasteiger charge is 2.22. The second-order valence-corrected chi connectivity index (χ2v) is 6.65. The molecule has 2 N–H and O–H groups in total. The molecule has 0 spiro atoms. The quantitative estimate of drug-likeness (QED) is 0.775. The van der Waals surface area contributed by atoms with Crippen LogP contribution in [-0.4, -0.2) is 36.0 Å². The van der Waals surface area contributed by atoms with Crippen molar-refractivity contribution in [2.45, 2.75) is 39.4 Å². The lowest BCUT2D eigenvalue weighted by Gasteiger charge is -2.12. The Kier molecular flexibility index (Phi) is 6.54. The van der Waals surface area contributed by atoms with Crippen LogP contribution in [0.1, 0.15) is 34.1 Å². The van der Waals surface area contributed by atoms with E-state index < -0.39 is 0 Å². The Labute approximate surface area is 114 Å². The van der Waals surface area contributed by atoms with Crippen LogP contribution in [0, 0.1) is 11.8 Å². The van der Waals surface area contributed by atoms with Gasteiger partial charge in [0.05, 0.1) is 6.54 Å². The van der Waals surface area contributed by atoms with Gasteiger partial charge in [0, 0.05) is 24.8 Å². The van der Waals surface area contributed by atoms with E-state index >= 15 is 0 Å². The zero-order valence-corrected chi connectivity index (χ0v) is 12.6. The fourth-order valence-corrected chi connectivity index (χ4v) is 2.57. The molecule has 1 aliphatic rings. The molecule has 0 fully saturated rings. The van der Waals surface area contributed by atoms with Gasteiger partial charge in [-0.3, -0.25) is 9.79 Å². The second-order valence-electron chi connectivity index (χ2n) is 5.42. The number of amidine groups is 1.